The molecule has 14 heavy (non-hydrogen) atoms. The Morgan fingerprint density at radius 2 is 1.57 bits per heavy atom. The topological polar surface area (TPSA) is 17.1 Å². The van der Waals surface area contributed by atoms with Crippen LogP contribution in [0.5, 0.6) is 0 Å². The van der Waals surface area contributed by atoms with Crippen molar-refractivity contribution in [2.24, 2.45) is 5.41 Å². The lowest BCUT2D eigenvalue weighted by Crippen LogP contribution is -2.20. The molecule has 0 radical (unpaired) electrons. The van der Waals surface area contributed by atoms with Crippen LogP contribution < -0.4 is 0 Å². The standard InChI is InChI=1S/C12H24OS/c1-11(2,3)10(13)8-7-9-14-12(4,5)6/h7-9H2,1-6H3. The second kappa shape index (κ2) is 5.20. The number of ketones is 1. The van der Waals surface area contributed by atoms with Gasteiger partial charge in [0.2, 0.25) is 0 Å². The molecule has 0 heterocycles. The maximum atomic E-state index is 11.6. The van der Waals surface area contributed by atoms with E-state index in [0.29, 0.717) is 10.5 Å². The molecule has 1 nitrogen and oxygen atoms in total. The van der Waals surface area contributed by atoms with Crippen molar-refractivity contribution < 1.29 is 4.79 Å². The summed E-state index contributed by atoms with van der Waals surface area (Å²) in [7, 11) is 0. The van der Waals surface area contributed by atoms with Crippen LogP contribution in [0.1, 0.15) is 54.4 Å². The Kier molecular flexibility index (Phi) is 5.21. The van der Waals surface area contributed by atoms with Gasteiger partial charge in [-0.3, -0.25) is 4.79 Å². The maximum Gasteiger partial charge on any atom is 0.138 e. The third-order valence-electron chi connectivity index (χ3n) is 1.92. The van der Waals surface area contributed by atoms with E-state index in [1.807, 2.05) is 32.5 Å². The van der Waals surface area contributed by atoms with Gasteiger partial charge in [-0.05, 0) is 12.2 Å². The molecule has 0 aliphatic carbocycles. The van der Waals surface area contributed by atoms with Gasteiger partial charge < -0.3 is 0 Å². The highest BCUT2D eigenvalue weighted by molar-refractivity contribution is 8.00. The van der Waals surface area contributed by atoms with Crippen LogP contribution in [0.4, 0.5) is 0 Å². The molecule has 84 valence electrons. The third kappa shape index (κ3) is 7.43. The van der Waals surface area contributed by atoms with E-state index in [2.05, 4.69) is 20.8 Å². The van der Waals surface area contributed by atoms with Crippen molar-refractivity contribution in [1.82, 2.24) is 0 Å². The lowest BCUT2D eigenvalue weighted by Gasteiger charge is -2.19. The number of hydrogen-bond acceptors (Lipinski definition) is 2. The first-order valence-corrected chi connectivity index (χ1v) is 6.29. The lowest BCUT2D eigenvalue weighted by molar-refractivity contribution is -0.126. The van der Waals surface area contributed by atoms with Crippen LogP contribution in [-0.4, -0.2) is 16.3 Å². The Balaban J connectivity index is 3.62. The molecule has 0 aromatic carbocycles. The summed E-state index contributed by atoms with van der Waals surface area (Å²) >= 11 is 1.93. The summed E-state index contributed by atoms with van der Waals surface area (Å²) in [5, 5.41) is 0. The Morgan fingerprint density at radius 1 is 1.07 bits per heavy atom. The highest BCUT2D eigenvalue weighted by Gasteiger charge is 2.20. The highest BCUT2D eigenvalue weighted by atomic mass is 32.2. The van der Waals surface area contributed by atoms with E-state index in [-0.39, 0.29) is 5.41 Å². The van der Waals surface area contributed by atoms with Gasteiger partial charge in [0.05, 0.1) is 0 Å². The van der Waals surface area contributed by atoms with Gasteiger partial charge in [0.25, 0.3) is 0 Å². The van der Waals surface area contributed by atoms with Gasteiger partial charge in [-0.15, -0.1) is 0 Å². The van der Waals surface area contributed by atoms with Crippen molar-refractivity contribution in [1.29, 1.82) is 0 Å². The lowest BCUT2D eigenvalue weighted by atomic mass is 9.88. The van der Waals surface area contributed by atoms with E-state index in [9.17, 15) is 4.79 Å². The normalized spacial score (nSPS) is 13.0. The summed E-state index contributed by atoms with van der Waals surface area (Å²) in [4.78, 5) is 11.6. The van der Waals surface area contributed by atoms with E-state index in [4.69, 9.17) is 0 Å². The van der Waals surface area contributed by atoms with Crippen LogP contribution in [0, 0.1) is 5.41 Å². The van der Waals surface area contributed by atoms with Crippen molar-refractivity contribution in [2.75, 3.05) is 5.75 Å². The second-order valence-corrected chi connectivity index (χ2v) is 7.66. The monoisotopic (exact) mass is 216 g/mol. The molecule has 0 spiro atoms. The summed E-state index contributed by atoms with van der Waals surface area (Å²) in [6.45, 7) is 12.6. The number of thioether (sulfide) groups is 1. The minimum Gasteiger partial charge on any atom is -0.299 e. The molecule has 0 saturated carbocycles. The summed E-state index contributed by atoms with van der Waals surface area (Å²) in [5.41, 5.74) is -0.160. The molecular weight excluding hydrogens is 192 g/mol. The average Bonchev–Trinajstić information content (AvgIpc) is 1.93. The number of Topliss-reactive ketones (excluding diaryl/α,β-unsaturated/α-hetero) is 1. The van der Waals surface area contributed by atoms with Gasteiger partial charge in [0, 0.05) is 16.6 Å². The molecule has 0 atom stereocenters. The van der Waals surface area contributed by atoms with Gasteiger partial charge >= 0.3 is 0 Å². The minimum absolute atomic E-state index is 0.160. The van der Waals surface area contributed by atoms with Crippen molar-refractivity contribution in [3.63, 3.8) is 0 Å². The number of hydrogen-bond donors (Lipinski definition) is 0. The molecule has 0 aliphatic rings. The molecular formula is C12H24OS. The van der Waals surface area contributed by atoms with Crippen molar-refractivity contribution >= 4 is 17.5 Å². The van der Waals surface area contributed by atoms with Crippen molar-refractivity contribution in [2.45, 2.75) is 59.1 Å². The van der Waals surface area contributed by atoms with E-state index in [1.165, 1.54) is 0 Å². The second-order valence-electron chi connectivity index (χ2n) is 5.74. The summed E-state index contributed by atoms with van der Waals surface area (Å²) < 4.78 is 0.324. The Labute approximate surface area is 93.0 Å². The van der Waals surface area contributed by atoms with E-state index < -0.39 is 0 Å². The first kappa shape index (κ1) is 14.0. The molecule has 0 rings (SSSR count). The largest absolute Gasteiger partial charge is 0.299 e. The SMILES string of the molecule is CC(C)(C)SCCCC(=O)C(C)(C)C. The predicted octanol–water partition coefficient (Wildman–Crippen LogP) is 3.91. The molecule has 0 unspecified atom stereocenters. The van der Waals surface area contributed by atoms with Crippen LogP contribution in [0.2, 0.25) is 0 Å². The smallest absolute Gasteiger partial charge is 0.138 e. The minimum atomic E-state index is -0.160. The van der Waals surface area contributed by atoms with Gasteiger partial charge in [-0.25, -0.2) is 0 Å². The Morgan fingerprint density at radius 3 is 1.93 bits per heavy atom. The summed E-state index contributed by atoms with van der Waals surface area (Å²) in [6, 6.07) is 0. The summed E-state index contributed by atoms with van der Waals surface area (Å²) in [5.74, 6) is 1.47. The average molecular weight is 216 g/mol. The zero-order chi connectivity index (χ0) is 11.4. The van der Waals surface area contributed by atoms with Crippen LogP contribution >= 0.6 is 11.8 Å². The maximum absolute atomic E-state index is 11.6. The van der Waals surface area contributed by atoms with Gasteiger partial charge in [-0.1, -0.05) is 41.5 Å². The van der Waals surface area contributed by atoms with Crippen LogP contribution in [0.25, 0.3) is 0 Å². The molecule has 0 aromatic heterocycles. The van der Waals surface area contributed by atoms with Crippen LogP contribution in [0.3, 0.4) is 0 Å². The zero-order valence-corrected chi connectivity index (χ0v) is 11.3. The summed E-state index contributed by atoms with van der Waals surface area (Å²) in [6.07, 6.45) is 1.74. The molecule has 0 N–H and O–H groups in total. The number of rotatable bonds is 4. The quantitative estimate of drug-likeness (QED) is 0.663. The van der Waals surface area contributed by atoms with E-state index >= 15 is 0 Å². The Bertz CT molecular complexity index is 183. The zero-order valence-electron chi connectivity index (χ0n) is 10.4. The molecule has 0 aliphatic heterocycles. The number of carbonyl (C=O) groups excluding carboxylic acids is 1. The first-order chi connectivity index (χ1) is 6.13. The molecule has 0 bridgehead atoms. The molecule has 0 saturated heterocycles. The molecule has 2 heteroatoms. The van der Waals surface area contributed by atoms with Crippen LogP contribution in [-0.2, 0) is 4.79 Å². The van der Waals surface area contributed by atoms with Crippen molar-refractivity contribution in [3.8, 4) is 0 Å². The van der Waals surface area contributed by atoms with Gasteiger partial charge in [0.1, 0.15) is 5.78 Å². The van der Waals surface area contributed by atoms with E-state index in [0.717, 1.165) is 18.6 Å². The van der Waals surface area contributed by atoms with Crippen LogP contribution in [0.15, 0.2) is 0 Å². The number of carbonyl (C=O) groups is 1. The fourth-order valence-electron chi connectivity index (χ4n) is 0.986. The predicted molar refractivity (Wildman–Crippen MR) is 65.9 cm³/mol. The van der Waals surface area contributed by atoms with Crippen molar-refractivity contribution in [3.05, 3.63) is 0 Å². The molecule has 0 amide bonds. The third-order valence-corrected chi connectivity index (χ3v) is 3.28. The fourth-order valence-corrected chi connectivity index (χ4v) is 1.89. The van der Waals surface area contributed by atoms with Gasteiger partial charge in [0.15, 0.2) is 0 Å². The molecule has 0 aromatic rings. The molecule has 0 fully saturated rings. The van der Waals surface area contributed by atoms with E-state index in [1.54, 1.807) is 0 Å². The van der Waals surface area contributed by atoms with Gasteiger partial charge in [-0.2, -0.15) is 11.8 Å². The highest BCUT2D eigenvalue weighted by Crippen LogP contribution is 2.25. The first-order valence-electron chi connectivity index (χ1n) is 5.30. The fraction of sp³-hybridized carbons (Fsp3) is 0.917. The Hall–Kier alpha value is 0.0200.